The molecule has 0 saturated carbocycles. The Labute approximate surface area is 181 Å². The van der Waals surface area contributed by atoms with Crippen LogP contribution in [0.2, 0.25) is 0 Å². The van der Waals surface area contributed by atoms with E-state index in [1.807, 2.05) is 61.7 Å². The van der Waals surface area contributed by atoms with Gasteiger partial charge in [0.25, 0.3) is 0 Å². The molecule has 31 heavy (non-hydrogen) atoms. The van der Waals surface area contributed by atoms with E-state index in [9.17, 15) is 0 Å². The maximum atomic E-state index is 5.69. The number of benzene rings is 3. The molecule has 0 amide bonds. The standard InChI is InChI=1S/C27H21N3O/c1-19-26(29-24-16-17-28-25(18-24)22-10-6-3-7-11-22)27(31-30-19)23-14-12-21(13-15-23)20-8-4-2-5-9-20/h2-18H,1H3,(H,28,29). The molecule has 0 aliphatic rings. The SMILES string of the molecule is Cc1noc(-c2ccc(-c3ccccc3)cc2)c1Nc1ccnc(-c2ccccc2)c1. The van der Waals surface area contributed by atoms with Crippen molar-refractivity contribution in [3.8, 4) is 33.7 Å². The van der Waals surface area contributed by atoms with Crippen molar-refractivity contribution in [2.45, 2.75) is 6.92 Å². The molecule has 5 rings (SSSR count). The number of rotatable bonds is 5. The molecular weight excluding hydrogens is 382 g/mol. The minimum atomic E-state index is 0.718. The van der Waals surface area contributed by atoms with Crippen LogP contribution in [0.5, 0.6) is 0 Å². The van der Waals surface area contributed by atoms with Gasteiger partial charge in [0.2, 0.25) is 0 Å². The van der Waals surface area contributed by atoms with Gasteiger partial charge in [-0.15, -0.1) is 0 Å². The lowest BCUT2D eigenvalue weighted by molar-refractivity contribution is 0.427. The average molecular weight is 403 g/mol. The summed E-state index contributed by atoms with van der Waals surface area (Å²) in [5.41, 5.74) is 7.90. The predicted molar refractivity (Wildman–Crippen MR) is 125 cm³/mol. The summed E-state index contributed by atoms with van der Waals surface area (Å²) in [6.45, 7) is 1.94. The Balaban J connectivity index is 1.45. The lowest BCUT2D eigenvalue weighted by atomic mass is 10.0. The molecule has 3 aromatic carbocycles. The van der Waals surface area contributed by atoms with Gasteiger partial charge in [-0.3, -0.25) is 4.98 Å². The number of aryl methyl sites for hydroxylation is 1. The van der Waals surface area contributed by atoms with Crippen LogP contribution < -0.4 is 5.32 Å². The van der Waals surface area contributed by atoms with E-state index in [1.165, 1.54) is 5.56 Å². The summed E-state index contributed by atoms with van der Waals surface area (Å²) in [5.74, 6) is 0.718. The van der Waals surface area contributed by atoms with Crippen LogP contribution in [0.1, 0.15) is 5.69 Å². The van der Waals surface area contributed by atoms with Gasteiger partial charge in [0.05, 0.1) is 5.69 Å². The van der Waals surface area contributed by atoms with Crippen LogP contribution in [0.3, 0.4) is 0 Å². The normalized spacial score (nSPS) is 10.7. The second-order valence-corrected chi connectivity index (χ2v) is 7.34. The van der Waals surface area contributed by atoms with Gasteiger partial charge >= 0.3 is 0 Å². The Bertz CT molecular complexity index is 1290. The fourth-order valence-electron chi connectivity index (χ4n) is 3.58. The van der Waals surface area contributed by atoms with E-state index in [4.69, 9.17) is 4.52 Å². The van der Waals surface area contributed by atoms with Gasteiger partial charge in [0.15, 0.2) is 5.76 Å². The molecule has 4 heteroatoms. The van der Waals surface area contributed by atoms with Gasteiger partial charge in [-0.05, 0) is 30.2 Å². The topological polar surface area (TPSA) is 51.0 Å². The van der Waals surface area contributed by atoms with E-state index < -0.39 is 0 Å². The second-order valence-electron chi connectivity index (χ2n) is 7.34. The molecule has 1 N–H and O–H groups in total. The van der Waals surface area contributed by atoms with Crippen LogP contribution in [-0.4, -0.2) is 10.1 Å². The van der Waals surface area contributed by atoms with Crippen molar-refractivity contribution in [1.82, 2.24) is 10.1 Å². The molecule has 0 aliphatic carbocycles. The van der Waals surface area contributed by atoms with Crippen molar-refractivity contribution in [2.75, 3.05) is 5.32 Å². The fraction of sp³-hybridized carbons (Fsp3) is 0.0370. The number of nitrogens with zero attached hydrogens (tertiary/aromatic N) is 2. The smallest absolute Gasteiger partial charge is 0.190 e. The third-order valence-electron chi connectivity index (χ3n) is 5.22. The van der Waals surface area contributed by atoms with E-state index in [0.29, 0.717) is 0 Å². The van der Waals surface area contributed by atoms with Crippen molar-refractivity contribution >= 4 is 11.4 Å². The molecule has 4 nitrogen and oxygen atoms in total. The van der Waals surface area contributed by atoms with Crippen LogP contribution in [0.4, 0.5) is 11.4 Å². The van der Waals surface area contributed by atoms with Crippen molar-refractivity contribution in [2.24, 2.45) is 0 Å². The lowest BCUT2D eigenvalue weighted by Crippen LogP contribution is -1.94. The van der Waals surface area contributed by atoms with Gasteiger partial charge in [-0.1, -0.05) is 90.1 Å². The zero-order chi connectivity index (χ0) is 21.0. The van der Waals surface area contributed by atoms with E-state index in [0.717, 1.165) is 45.2 Å². The zero-order valence-electron chi connectivity index (χ0n) is 17.1. The number of aromatic nitrogens is 2. The van der Waals surface area contributed by atoms with E-state index >= 15 is 0 Å². The summed E-state index contributed by atoms with van der Waals surface area (Å²) < 4.78 is 5.69. The maximum Gasteiger partial charge on any atom is 0.190 e. The third kappa shape index (κ3) is 3.96. The summed E-state index contributed by atoms with van der Waals surface area (Å²) in [7, 11) is 0. The molecular formula is C27H21N3O. The van der Waals surface area contributed by atoms with Crippen molar-refractivity contribution in [1.29, 1.82) is 0 Å². The Morgan fingerprint density at radius 2 is 1.29 bits per heavy atom. The van der Waals surface area contributed by atoms with Gasteiger partial charge in [0.1, 0.15) is 11.4 Å². The van der Waals surface area contributed by atoms with Crippen molar-refractivity contribution < 1.29 is 4.52 Å². The molecule has 0 unspecified atom stereocenters. The number of anilines is 2. The van der Waals surface area contributed by atoms with Gasteiger partial charge in [0, 0.05) is 23.0 Å². The summed E-state index contributed by atoms with van der Waals surface area (Å²) in [6, 6.07) is 32.8. The van der Waals surface area contributed by atoms with Gasteiger partial charge in [-0.2, -0.15) is 0 Å². The van der Waals surface area contributed by atoms with Crippen LogP contribution in [0.25, 0.3) is 33.7 Å². The summed E-state index contributed by atoms with van der Waals surface area (Å²) in [5, 5.41) is 7.68. The summed E-state index contributed by atoms with van der Waals surface area (Å²) in [6.07, 6.45) is 1.81. The molecule has 0 saturated heterocycles. The Morgan fingerprint density at radius 3 is 2.00 bits per heavy atom. The van der Waals surface area contributed by atoms with E-state index in [-0.39, 0.29) is 0 Å². The van der Waals surface area contributed by atoms with Gasteiger partial charge < -0.3 is 9.84 Å². The third-order valence-corrected chi connectivity index (χ3v) is 5.22. The van der Waals surface area contributed by atoms with Crippen LogP contribution in [-0.2, 0) is 0 Å². The molecule has 2 aromatic heterocycles. The molecule has 0 spiro atoms. The molecule has 150 valence electrons. The Hall–Kier alpha value is -4.18. The second kappa shape index (κ2) is 8.28. The monoisotopic (exact) mass is 403 g/mol. The zero-order valence-corrected chi connectivity index (χ0v) is 17.1. The summed E-state index contributed by atoms with van der Waals surface area (Å²) in [4.78, 5) is 4.50. The Morgan fingerprint density at radius 1 is 0.677 bits per heavy atom. The minimum absolute atomic E-state index is 0.718. The highest BCUT2D eigenvalue weighted by atomic mass is 16.5. The molecule has 0 fully saturated rings. The maximum absolute atomic E-state index is 5.69. The molecule has 0 bridgehead atoms. The molecule has 5 aromatic rings. The largest absolute Gasteiger partial charge is 0.354 e. The van der Waals surface area contributed by atoms with E-state index in [2.05, 4.69) is 64.0 Å². The number of hydrogen-bond acceptors (Lipinski definition) is 4. The fourth-order valence-corrected chi connectivity index (χ4v) is 3.58. The first-order chi connectivity index (χ1) is 15.3. The quantitative estimate of drug-likeness (QED) is 0.339. The highest BCUT2D eigenvalue weighted by Crippen LogP contribution is 2.34. The first-order valence-electron chi connectivity index (χ1n) is 10.2. The number of pyridine rings is 1. The molecule has 0 atom stereocenters. The first-order valence-corrected chi connectivity index (χ1v) is 10.2. The van der Waals surface area contributed by atoms with Crippen molar-refractivity contribution in [3.63, 3.8) is 0 Å². The lowest BCUT2D eigenvalue weighted by Gasteiger charge is -2.09. The van der Waals surface area contributed by atoms with Gasteiger partial charge in [-0.25, -0.2) is 0 Å². The Kier molecular flexibility index (Phi) is 5.03. The first kappa shape index (κ1) is 18.8. The predicted octanol–water partition coefficient (Wildman–Crippen LogP) is 7.12. The van der Waals surface area contributed by atoms with E-state index in [1.54, 1.807) is 0 Å². The molecule has 2 heterocycles. The van der Waals surface area contributed by atoms with Crippen LogP contribution in [0, 0.1) is 6.92 Å². The highest BCUT2D eigenvalue weighted by Gasteiger charge is 2.16. The van der Waals surface area contributed by atoms with Crippen LogP contribution >= 0.6 is 0 Å². The van der Waals surface area contributed by atoms with Crippen LogP contribution in [0.15, 0.2) is 108 Å². The highest BCUT2D eigenvalue weighted by molar-refractivity contribution is 5.80. The average Bonchev–Trinajstić information content (AvgIpc) is 3.20. The molecule has 0 aliphatic heterocycles. The number of nitrogens with one attached hydrogen (secondary N) is 1. The molecule has 0 radical (unpaired) electrons. The number of hydrogen-bond donors (Lipinski definition) is 1. The van der Waals surface area contributed by atoms with Crippen molar-refractivity contribution in [3.05, 3.63) is 109 Å². The minimum Gasteiger partial charge on any atom is -0.354 e. The summed E-state index contributed by atoms with van der Waals surface area (Å²) >= 11 is 0.